The summed E-state index contributed by atoms with van der Waals surface area (Å²) in [5.41, 5.74) is 0.921. The molecular formula is C15H17ClNO4P. The maximum atomic E-state index is 11.9. The molecular weight excluding hydrogens is 325 g/mol. The number of para-hydroxylation sites is 1. The first-order valence-electron chi connectivity index (χ1n) is 6.71. The Bertz CT molecular complexity index is 689. The number of anilines is 1. The van der Waals surface area contributed by atoms with Crippen LogP contribution >= 0.6 is 19.2 Å². The summed E-state index contributed by atoms with van der Waals surface area (Å²) in [6.07, 6.45) is 0. The zero-order valence-electron chi connectivity index (χ0n) is 11.9. The van der Waals surface area contributed by atoms with Crippen molar-refractivity contribution in [3.63, 3.8) is 0 Å². The minimum Gasteiger partial charge on any atom is -0.493 e. The number of halogens is 1. The van der Waals surface area contributed by atoms with Crippen LogP contribution in [0.3, 0.4) is 0 Å². The number of benzene rings is 2. The lowest BCUT2D eigenvalue weighted by molar-refractivity contribution is 0.331. The Morgan fingerprint density at radius 1 is 1.23 bits per heavy atom. The van der Waals surface area contributed by atoms with Crippen molar-refractivity contribution in [2.24, 2.45) is 0 Å². The molecule has 0 saturated carbocycles. The van der Waals surface area contributed by atoms with Crippen molar-refractivity contribution in [2.75, 3.05) is 11.9 Å². The van der Waals surface area contributed by atoms with Gasteiger partial charge in [0.25, 0.3) is 0 Å². The van der Waals surface area contributed by atoms with E-state index < -0.39 is 13.4 Å². The molecule has 0 aromatic heterocycles. The Kier molecular flexibility index (Phi) is 5.48. The van der Waals surface area contributed by atoms with Gasteiger partial charge in [0.05, 0.1) is 6.61 Å². The summed E-state index contributed by atoms with van der Waals surface area (Å²) in [5, 5.41) is 3.33. The summed E-state index contributed by atoms with van der Waals surface area (Å²) in [7, 11) is -4.46. The monoisotopic (exact) mass is 341 g/mol. The summed E-state index contributed by atoms with van der Waals surface area (Å²) in [4.78, 5) is 19.4. The minimum absolute atomic E-state index is 0.401. The number of rotatable bonds is 6. The van der Waals surface area contributed by atoms with Crippen LogP contribution in [0.2, 0.25) is 5.02 Å². The molecule has 0 aliphatic carbocycles. The highest BCUT2D eigenvalue weighted by Gasteiger charge is 2.32. The molecule has 0 heterocycles. The van der Waals surface area contributed by atoms with Gasteiger partial charge in [-0.05, 0) is 31.2 Å². The summed E-state index contributed by atoms with van der Waals surface area (Å²) in [6, 6.07) is 13.5. The summed E-state index contributed by atoms with van der Waals surface area (Å²) in [5.74, 6) is -0.776. The second kappa shape index (κ2) is 7.16. The lowest BCUT2D eigenvalue weighted by Gasteiger charge is -2.23. The van der Waals surface area contributed by atoms with E-state index in [0.717, 1.165) is 0 Å². The largest absolute Gasteiger partial charge is 0.493 e. The van der Waals surface area contributed by atoms with E-state index in [1.807, 2.05) is 6.92 Å². The summed E-state index contributed by atoms with van der Waals surface area (Å²) >= 11 is 5.91. The van der Waals surface area contributed by atoms with Crippen LogP contribution in [0.15, 0.2) is 48.5 Å². The number of hydrogen-bond donors (Lipinski definition) is 3. The SMILES string of the molecule is CCOc1ccccc1C(Nc1cccc(Cl)c1)P(=O)(O)O. The van der Waals surface area contributed by atoms with Crippen LogP contribution in [0, 0.1) is 0 Å². The van der Waals surface area contributed by atoms with Crippen LogP contribution in [-0.4, -0.2) is 16.4 Å². The summed E-state index contributed by atoms with van der Waals surface area (Å²) in [6.45, 7) is 2.22. The molecule has 0 bridgehead atoms. The molecule has 2 rings (SSSR count). The Morgan fingerprint density at radius 2 is 1.95 bits per heavy atom. The summed E-state index contributed by atoms with van der Waals surface area (Å²) < 4.78 is 17.4. The Morgan fingerprint density at radius 3 is 2.59 bits per heavy atom. The molecule has 22 heavy (non-hydrogen) atoms. The molecule has 118 valence electrons. The van der Waals surface area contributed by atoms with Crippen molar-refractivity contribution in [3.05, 3.63) is 59.1 Å². The van der Waals surface area contributed by atoms with E-state index in [1.54, 1.807) is 48.5 Å². The van der Waals surface area contributed by atoms with Crippen LogP contribution in [0.1, 0.15) is 18.3 Å². The van der Waals surface area contributed by atoms with Crippen molar-refractivity contribution in [1.82, 2.24) is 0 Å². The van der Waals surface area contributed by atoms with Crippen molar-refractivity contribution >= 4 is 24.9 Å². The number of nitrogens with one attached hydrogen (secondary N) is 1. The second-order valence-corrected chi connectivity index (χ2v) is 6.75. The fraction of sp³-hybridized carbons (Fsp3) is 0.200. The van der Waals surface area contributed by atoms with Crippen LogP contribution in [-0.2, 0) is 4.57 Å². The van der Waals surface area contributed by atoms with Gasteiger partial charge in [-0.2, -0.15) is 0 Å². The Labute approximate surface area is 134 Å². The van der Waals surface area contributed by atoms with Gasteiger partial charge in [0.15, 0.2) is 5.78 Å². The lowest BCUT2D eigenvalue weighted by Crippen LogP contribution is -2.13. The number of ether oxygens (including phenoxy) is 1. The van der Waals surface area contributed by atoms with Gasteiger partial charge in [0.2, 0.25) is 0 Å². The van der Waals surface area contributed by atoms with Crippen molar-refractivity contribution in [3.8, 4) is 5.75 Å². The van der Waals surface area contributed by atoms with E-state index in [4.69, 9.17) is 16.3 Å². The van der Waals surface area contributed by atoms with E-state index in [2.05, 4.69) is 5.32 Å². The molecule has 0 fully saturated rings. The third-order valence-corrected chi connectivity index (χ3v) is 4.29. The molecule has 7 heteroatoms. The van der Waals surface area contributed by atoms with Crippen molar-refractivity contribution in [2.45, 2.75) is 12.7 Å². The zero-order valence-corrected chi connectivity index (χ0v) is 13.6. The second-order valence-electron chi connectivity index (χ2n) is 4.62. The van der Waals surface area contributed by atoms with Crippen LogP contribution in [0.5, 0.6) is 5.75 Å². The third-order valence-electron chi connectivity index (χ3n) is 2.98. The number of hydrogen-bond acceptors (Lipinski definition) is 3. The van der Waals surface area contributed by atoms with Gasteiger partial charge in [-0.3, -0.25) is 4.57 Å². The molecule has 0 aliphatic rings. The average Bonchev–Trinajstić information content (AvgIpc) is 2.45. The molecule has 1 atom stereocenters. The first kappa shape index (κ1) is 16.8. The molecule has 3 N–H and O–H groups in total. The highest BCUT2D eigenvalue weighted by molar-refractivity contribution is 7.52. The minimum atomic E-state index is -4.46. The first-order valence-corrected chi connectivity index (χ1v) is 8.77. The molecule has 0 radical (unpaired) electrons. The van der Waals surface area contributed by atoms with Gasteiger partial charge in [0.1, 0.15) is 5.75 Å². The smallest absolute Gasteiger partial charge is 0.352 e. The average molecular weight is 342 g/mol. The van der Waals surface area contributed by atoms with Gasteiger partial charge in [0, 0.05) is 16.3 Å². The van der Waals surface area contributed by atoms with E-state index in [-0.39, 0.29) is 0 Å². The first-order chi connectivity index (χ1) is 10.4. The van der Waals surface area contributed by atoms with Crippen molar-refractivity contribution < 1.29 is 19.1 Å². The predicted molar refractivity (Wildman–Crippen MR) is 87.5 cm³/mol. The zero-order chi connectivity index (χ0) is 16.2. The molecule has 2 aromatic rings. The van der Waals surface area contributed by atoms with Crippen LogP contribution in [0.4, 0.5) is 5.69 Å². The maximum absolute atomic E-state index is 11.9. The molecule has 0 saturated heterocycles. The van der Waals surface area contributed by atoms with Gasteiger partial charge >= 0.3 is 7.60 Å². The fourth-order valence-corrected chi connectivity index (χ4v) is 3.16. The maximum Gasteiger partial charge on any atom is 0.352 e. The topological polar surface area (TPSA) is 78.8 Å². The molecule has 1 unspecified atom stereocenters. The lowest BCUT2D eigenvalue weighted by atomic mass is 10.2. The van der Waals surface area contributed by atoms with Gasteiger partial charge in [-0.25, -0.2) is 0 Å². The standard InChI is InChI=1S/C15H17ClNO4P/c1-2-21-14-9-4-3-8-13(14)15(22(18,19)20)17-12-7-5-6-11(16)10-12/h3-10,15,17H,2H2,1H3,(H2,18,19,20). The fourth-order valence-electron chi connectivity index (χ4n) is 2.07. The van der Waals surface area contributed by atoms with Crippen molar-refractivity contribution in [1.29, 1.82) is 0 Å². The van der Waals surface area contributed by atoms with Crippen LogP contribution < -0.4 is 10.1 Å². The predicted octanol–water partition coefficient (Wildman–Crippen LogP) is 4.03. The van der Waals surface area contributed by atoms with Gasteiger partial charge in [-0.1, -0.05) is 35.9 Å². The van der Waals surface area contributed by atoms with E-state index in [0.29, 0.717) is 28.6 Å². The quantitative estimate of drug-likeness (QED) is 0.691. The van der Waals surface area contributed by atoms with E-state index >= 15 is 0 Å². The molecule has 0 spiro atoms. The molecule has 2 aromatic carbocycles. The normalized spacial score (nSPS) is 12.7. The third kappa shape index (κ3) is 4.24. The Balaban J connectivity index is 2.41. The van der Waals surface area contributed by atoms with Gasteiger partial charge < -0.3 is 19.8 Å². The van der Waals surface area contributed by atoms with E-state index in [1.165, 1.54) is 0 Å². The molecule has 0 aliphatic heterocycles. The van der Waals surface area contributed by atoms with Gasteiger partial charge in [-0.15, -0.1) is 0 Å². The van der Waals surface area contributed by atoms with Crippen LogP contribution in [0.25, 0.3) is 0 Å². The van der Waals surface area contributed by atoms with E-state index in [9.17, 15) is 14.4 Å². The molecule has 5 nitrogen and oxygen atoms in total. The molecule has 0 amide bonds. The Hall–Kier alpha value is -1.52. The highest BCUT2D eigenvalue weighted by Crippen LogP contribution is 2.53. The highest BCUT2D eigenvalue weighted by atomic mass is 35.5.